The zero-order chi connectivity index (χ0) is 15.9. The van der Waals surface area contributed by atoms with Gasteiger partial charge in [0, 0.05) is 29.1 Å². The second-order valence-electron chi connectivity index (χ2n) is 6.09. The van der Waals surface area contributed by atoms with E-state index in [1.54, 1.807) is 11.0 Å². The molecule has 118 valence electrons. The highest BCUT2D eigenvalue weighted by Gasteiger charge is 2.46. The summed E-state index contributed by atoms with van der Waals surface area (Å²) in [5, 5.41) is 10.2. The molecular formula is C16H17Cl2NO3. The Morgan fingerprint density at radius 2 is 1.68 bits per heavy atom. The van der Waals surface area contributed by atoms with Gasteiger partial charge in [0.2, 0.25) is 5.91 Å². The van der Waals surface area contributed by atoms with Gasteiger partial charge in [-0.1, -0.05) is 23.2 Å². The summed E-state index contributed by atoms with van der Waals surface area (Å²) in [6.45, 7) is 1.07. The number of aliphatic carboxylic acids is 1. The molecule has 1 N–H and O–H groups in total. The van der Waals surface area contributed by atoms with Crippen molar-refractivity contribution in [1.29, 1.82) is 0 Å². The number of hydrogen-bond donors (Lipinski definition) is 1. The Balaban J connectivity index is 1.60. The van der Waals surface area contributed by atoms with Gasteiger partial charge in [-0.15, -0.1) is 0 Å². The van der Waals surface area contributed by atoms with Gasteiger partial charge in [0.25, 0.3) is 0 Å². The van der Waals surface area contributed by atoms with E-state index in [1.807, 2.05) is 12.1 Å². The van der Waals surface area contributed by atoms with E-state index < -0.39 is 5.97 Å². The van der Waals surface area contributed by atoms with Crippen LogP contribution in [0.25, 0.3) is 0 Å². The number of benzene rings is 1. The minimum Gasteiger partial charge on any atom is -0.481 e. The number of carbonyl (C=O) groups excluding carboxylic acids is 1. The number of rotatable bonds is 3. The Morgan fingerprint density at radius 1 is 1.09 bits per heavy atom. The third kappa shape index (κ3) is 3.23. The maximum atomic E-state index is 12.5. The number of carbonyl (C=O) groups is 2. The second-order valence-corrected chi connectivity index (χ2v) is 6.96. The van der Waals surface area contributed by atoms with Crippen molar-refractivity contribution in [3.8, 4) is 0 Å². The second kappa shape index (κ2) is 6.09. The number of piperidine rings is 1. The van der Waals surface area contributed by atoms with Gasteiger partial charge in [0.15, 0.2) is 0 Å². The van der Waals surface area contributed by atoms with E-state index in [1.165, 1.54) is 0 Å². The zero-order valence-corrected chi connectivity index (χ0v) is 13.5. The molecule has 2 aliphatic rings. The molecule has 6 heteroatoms. The third-order valence-electron chi connectivity index (χ3n) is 4.58. The molecular weight excluding hydrogens is 325 g/mol. The Bertz CT molecular complexity index is 591. The first-order chi connectivity index (χ1) is 10.5. The number of hydrogen-bond acceptors (Lipinski definition) is 2. The summed E-state index contributed by atoms with van der Waals surface area (Å²) >= 11 is 12.0. The van der Waals surface area contributed by atoms with E-state index in [2.05, 4.69) is 0 Å². The van der Waals surface area contributed by atoms with E-state index in [-0.39, 0.29) is 23.7 Å². The molecule has 0 radical (unpaired) electrons. The van der Waals surface area contributed by atoms with Gasteiger partial charge in [-0.3, -0.25) is 9.59 Å². The van der Waals surface area contributed by atoms with Gasteiger partial charge in [-0.25, -0.2) is 0 Å². The number of likely N-dealkylation sites (tertiary alicyclic amines) is 1. The molecule has 1 saturated heterocycles. The van der Waals surface area contributed by atoms with Crippen LogP contribution in [-0.2, 0) is 9.59 Å². The van der Waals surface area contributed by atoms with Crippen molar-refractivity contribution in [3.05, 3.63) is 33.8 Å². The van der Waals surface area contributed by atoms with E-state index in [0.717, 1.165) is 12.0 Å². The quantitative estimate of drug-likeness (QED) is 0.916. The minimum absolute atomic E-state index is 0.0177. The van der Waals surface area contributed by atoms with Gasteiger partial charge in [0.1, 0.15) is 0 Å². The van der Waals surface area contributed by atoms with Crippen LogP contribution in [0.5, 0.6) is 0 Å². The van der Waals surface area contributed by atoms with Gasteiger partial charge in [-0.2, -0.15) is 0 Å². The van der Waals surface area contributed by atoms with E-state index in [4.69, 9.17) is 28.3 Å². The van der Waals surface area contributed by atoms with Crippen LogP contribution in [-0.4, -0.2) is 35.0 Å². The standard InChI is InChI=1S/C16H17Cl2NO3/c17-11-5-10(6-12(18)7-11)13-8-14(13)15(20)19-3-1-9(2-4-19)16(21)22/h5-7,9,13-14H,1-4,8H2,(H,21,22). The Kier molecular flexibility index (Phi) is 4.33. The molecule has 0 aromatic heterocycles. The molecule has 1 saturated carbocycles. The Morgan fingerprint density at radius 3 is 2.23 bits per heavy atom. The topological polar surface area (TPSA) is 57.6 Å². The Hall–Kier alpha value is -1.26. The highest BCUT2D eigenvalue weighted by molar-refractivity contribution is 6.34. The van der Waals surface area contributed by atoms with Gasteiger partial charge >= 0.3 is 5.97 Å². The summed E-state index contributed by atoms with van der Waals surface area (Å²) in [6.07, 6.45) is 1.90. The van der Waals surface area contributed by atoms with Gasteiger partial charge < -0.3 is 10.0 Å². The molecule has 1 aliphatic heterocycles. The fraction of sp³-hybridized carbons (Fsp3) is 0.500. The van der Waals surface area contributed by atoms with Gasteiger partial charge in [-0.05, 0) is 48.9 Å². The number of carboxylic acid groups (broad SMARTS) is 1. The first-order valence-electron chi connectivity index (χ1n) is 7.43. The SMILES string of the molecule is O=C(O)C1CCN(C(=O)C2CC2c2cc(Cl)cc(Cl)c2)CC1. The minimum atomic E-state index is -0.759. The molecule has 1 aliphatic carbocycles. The third-order valence-corrected chi connectivity index (χ3v) is 5.01. The predicted molar refractivity (Wildman–Crippen MR) is 84.2 cm³/mol. The van der Waals surface area contributed by atoms with Crippen LogP contribution in [0.4, 0.5) is 0 Å². The van der Waals surface area contributed by atoms with Crippen molar-refractivity contribution in [1.82, 2.24) is 4.90 Å². The molecule has 4 nitrogen and oxygen atoms in total. The van der Waals surface area contributed by atoms with Crippen LogP contribution in [0.2, 0.25) is 10.0 Å². The van der Waals surface area contributed by atoms with Crippen LogP contribution >= 0.6 is 23.2 Å². The van der Waals surface area contributed by atoms with Crippen molar-refractivity contribution in [3.63, 3.8) is 0 Å². The number of nitrogens with zero attached hydrogens (tertiary/aromatic N) is 1. The lowest BCUT2D eigenvalue weighted by Gasteiger charge is -2.30. The molecule has 22 heavy (non-hydrogen) atoms. The number of halogens is 2. The summed E-state index contributed by atoms with van der Waals surface area (Å²) in [5.74, 6) is -0.780. The van der Waals surface area contributed by atoms with Crippen molar-refractivity contribution < 1.29 is 14.7 Å². The lowest BCUT2D eigenvalue weighted by molar-refractivity contribution is -0.146. The lowest BCUT2D eigenvalue weighted by atomic mass is 9.96. The first-order valence-corrected chi connectivity index (χ1v) is 8.19. The van der Waals surface area contributed by atoms with Crippen molar-refractivity contribution in [2.45, 2.75) is 25.2 Å². The van der Waals surface area contributed by atoms with Crippen LogP contribution in [0.1, 0.15) is 30.7 Å². The maximum absolute atomic E-state index is 12.5. The molecule has 1 aromatic carbocycles. The molecule has 1 heterocycles. The molecule has 2 atom stereocenters. The van der Waals surface area contributed by atoms with E-state index in [0.29, 0.717) is 36.0 Å². The highest BCUT2D eigenvalue weighted by atomic mass is 35.5. The fourth-order valence-corrected chi connectivity index (χ4v) is 3.75. The summed E-state index contributed by atoms with van der Waals surface area (Å²) in [4.78, 5) is 25.3. The van der Waals surface area contributed by atoms with E-state index in [9.17, 15) is 9.59 Å². The summed E-state index contributed by atoms with van der Waals surface area (Å²) in [5.41, 5.74) is 1.01. The molecule has 1 amide bonds. The van der Waals surface area contributed by atoms with Crippen LogP contribution in [0.15, 0.2) is 18.2 Å². The summed E-state index contributed by atoms with van der Waals surface area (Å²) < 4.78 is 0. The molecule has 0 spiro atoms. The normalized spacial score (nSPS) is 25.1. The molecule has 2 unspecified atom stereocenters. The monoisotopic (exact) mass is 341 g/mol. The molecule has 3 rings (SSSR count). The molecule has 1 aromatic rings. The van der Waals surface area contributed by atoms with Crippen molar-refractivity contribution in [2.75, 3.05) is 13.1 Å². The number of amides is 1. The number of carboxylic acids is 1. The van der Waals surface area contributed by atoms with Crippen LogP contribution in [0.3, 0.4) is 0 Å². The summed E-state index contributed by atoms with van der Waals surface area (Å²) in [7, 11) is 0. The zero-order valence-electron chi connectivity index (χ0n) is 12.0. The average Bonchev–Trinajstić information content (AvgIpc) is 3.26. The smallest absolute Gasteiger partial charge is 0.306 e. The van der Waals surface area contributed by atoms with Crippen molar-refractivity contribution >= 4 is 35.1 Å². The lowest BCUT2D eigenvalue weighted by Crippen LogP contribution is -2.41. The van der Waals surface area contributed by atoms with Crippen LogP contribution in [0, 0.1) is 11.8 Å². The first kappa shape index (κ1) is 15.6. The van der Waals surface area contributed by atoms with Crippen molar-refractivity contribution in [2.24, 2.45) is 11.8 Å². The highest BCUT2D eigenvalue weighted by Crippen LogP contribution is 2.49. The van der Waals surface area contributed by atoms with E-state index >= 15 is 0 Å². The average molecular weight is 342 g/mol. The molecule has 2 fully saturated rings. The molecule has 0 bridgehead atoms. The van der Waals surface area contributed by atoms with Crippen LogP contribution < -0.4 is 0 Å². The van der Waals surface area contributed by atoms with Gasteiger partial charge in [0.05, 0.1) is 5.92 Å². The largest absolute Gasteiger partial charge is 0.481 e. The maximum Gasteiger partial charge on any atom is 0.306 e. The fourth-order valence-electron chi connectivity index (χ4n) is 3.21. The Labute approximate surface area is 139 Å². The predicted octanol–water partition coefficient (Wildman–Crippen LogP) is 3.42. The summed E-state index contributed by atoms with van der Waals surface area (Å²) in [6, 6.07) is 5.41.